The van der Waals surface area contributed by atoms with Crippen LogP contribution >= 0.6 is 0 Å². The molecule has 0 spiro atoms. The van der Waals surface area contributed by atoms with Crippen molar-refractivity contribution >= 4 is 17.3 Å². The average molecular weight is 275 g/mol. The molecule has 1 aromatic rings. The van der Waals surface area contributed by atoms with Crippen molar-refractivity contribution < 1.29 is 4.79 Å². The van der Waals surface area contributed by atoms with E-state index in [4.69, 9.17) is 5.73 Å². The first-order valence-electron chi connectivity index (χ1n) is 7.59. The predicted molar refractivity (Wildman–Crippen MR) is 83.8 cm³/mol. The summed E-state index contributed by atoms with van der Waals surface area (Å²) in [6, 6.07) is 8.05. The van der Waals surface area contributed by atoms with Crippen molar-refractivity contribution in [1.82, 2.24) is 5.32 Å². The number of nitrogens with one attached hydrogen (secondary N) is 1. The van der Waals surface area contributed by atoms with Gasteiger partial charge in [-0.3, -0.25) is 4.79 Å². The molecule has 4 heteroatoms. The van der Waals surface area contributed by atoms with E-state index in [2.05, 4.69) is 17.1 Å². The van der Waals surface area contributed by atoms with E-state index in [0.717, 1.165) is 30.8 Å². The van der Waals surface area contributed by atoms with Crippen LogP contribution in [0.4, 0.5) is 11.4 Å². The predicted octanol–water partition coefficient (Wildman–Crippen LogP) is 2.54. The zero-order valence-corrected chi connectivity index (χ0v) is 12.3. The summed E-state index contributed by atoms with van der Waals surface area (Å²) in [5.74, 6) is 0.121. The number of likely N-dealkylation sites (N-methyl/N-ethyl adjacent to an activating group) is 1. The van der Waals surface area contributed by atoms with Crippen LogP contribution in [0, 0.1) is 0 Å². The van der Waals surface area contributed by atoms with E-state index in [1.807, 2.05) is 24.3 Å². The molecule has 0 unspecified atom stereocenters. The third kappa shape index (κ3) is 4.15. The van der Waals surface area contributed by atoms with Crippen molar-refractivity contribution in [2.24, 2.45) is 0 Å². The molecule has 1 aliphatic carbocycles. The lowest BCUT2D eigenvalue weighted by Gasteiger charge is -2.26. The van der Waals surface area contributed by atoms with E-state index < -0.39 is 0 Å². The van der Waals surface area contributed by atoms with Gasteiger partial charge in [0.1, 0.15) is 0 Å². The number of nitrogens with two attached hydrogens (primary N) is 1. The molecule has 2 rings (SSSR count). The van der Waals surface area contributed by atoms with Gasteiger partial charge in [-0.15, -0.1) is 0 Å². The third-order valence-electron chi connectivity index (χ3n) is 3.94. The van der Waals surface area contributed by atoms with Crippen LogP contribution in [0.15, 0.2) is 24.3 Å². The minimum atomic E-state index is 0.121. The van der Waals surface area contributed by atoms with E-state index in [9.17, 15) is 4.79 Å². The van der Waals surface area contributed by atoms with E-state index in [0.29, 0.717) is 12.6 Å². The summed E-state index contributed by atoms with van der Waals surface area (Å²) >= 11 is 0. The normalized spacial score (nSPS) is 15.8. The molecule has 4 nitrogen and oxygen atoms in total. The molecule has 0 radical (unpaired) electrons. The van der Waals surface area contributed by atoms with Gasteiger partial charge < -0.3 is 16.0 Å². The van der Waals surface area contributed by atoms with Crippen LogP contribution in [0.2, 0.25) is 0 Å². The number of nitrogen functional groups attached to an aromatic ring is 1. The Bertz CT molecular complexity index is 424. The lowest BCUT2D eigenvalue weighted by atomic mass is 9.95. The fourth-order valence-corrected chi connectivity index (χ4v) is 2.76. The number of carbonyl (C=O) groups is 1. The SMILES string of the molecule is CCN(CC(=O)NC1CCCCC1)c1ccc(N)cc1. The second kappa shape index (κ2) is 7.17. The summed E-state index contributed by atoms with van der Waals surface area (Å²) in [6.07, 6.45) is 6.03. The zero-order valence-electron chi connectivity index (χ0n) is 12.3. The maximum atomic E-state index is 12.1. The van der Waals surface area contributed by atoms with Crippen molar-refractivity contribution in [3.8, 4) is 0 Å². The fourth-order valence-electron chi connectivity index (χ4n) is 2.76. The topological polar surface area (TPSA) is 58.4 Å². The zero-order chi connectivity index (χ0) is 14.4. The molecule has 0 aromatic heterocycles. The molecule has 1 aromatic carbocycles. The van der Waals surface area contributed by atoms with Crippen molar-refractivity contribution in [2.75, 3.05) is 23.7 Å². The van der Waals surface area contributed by atoms with Crippen LogP contribution in [0.3, 0.4) is 0 Å². The molecule has 1 saturated carbocycles. The minimum absolute atomic E-state index is 0.121. The molecule has 3 N–H and O–H groups in total. The number of nitrogens with zero attached hydrogens (tertiary/aromatic N) is 1. The largest absolute Gasteiger partial charge is 0.399 e. The number of anilines is 2. The first kappa shape index (κ1) is 14.7. The molecular weight excluding hydrogens is 250 g/mol. The van der Waals surface area contributed by atoms with Gasteiger partial charge in [-0.05, 0) is 44.0 Å². The number of hydrogen-bond donors (Lipinski definition) is 2. The van der Waals surface area contributed by atoms with E-state index in [-0.39, 0.29) is 5.91 Å². The monoisotopic (exact) mass is 275 g/mol. The van der Waals surface area contributed by atoms with Crippen molar-refractivity contribution in [1.29, 1.82) is 0 Å². The quantitative estimate of drug-likeness (QED) is 0.812. The molecule has 0 aliphatic heterocycles. The van der Waals surface area contributed by atoms with E-state index in [1.165, 1.54) is 19.3 Å². The standard InChI is InChI=1S/C16H25N3O/c1-2-19(15-10-8-13(17)9-11-15)12-16(20)18-14-6-4-3-5-7-14/h8-11,14H,2-7,12,17H2,1H3,(H,18,20). The van der Waals surface area contributed by atoms with Crippen LogP contribution in [0.25, 0.3) is 0 Å². The summed E-state index contributed by atoms with van der Waals surface area (Å²) in [5.41, 5.74) is 7.48. The molecule has 1 amide bonds. The van der Waals surface area contributed by atoms with Crippen LogP contribution < -0.4 is 16.0 Å². The molecule has 0 saturated heterocycles. The molecule has 110 valence electrons. The van der Waals surface area contributed by atoms with Crippen LogP contribution in [0.5, 0.6) is 0 Å². The van der Waals surface area contributed by atoms with Gasteiger partial charge in [-0.2, -0.15) is 0 Å². The fraction of sp³-hybridized carbons (Fsp3) is 0.562. The highest BCUT2D eigenvalue weighted by atomic mass is 16.2. The first-order chi connectivity index (χ1) is 9.69. The summed E-state index contributed by atoms with van der Waals surface area (Å²) in [4.78, 5) is 14.2. The Morgan fingerprint density at radius 1 is 1.25 bits per heavy atom. The summed E-state index contributed by atoms with van der Waals surface area (Å²) in [5, 5.41) is 3.16. The van der Waals surface area contributed by atoms with Gasteiger partial charge in [0.05, 0.1) is 6.54 Å². The Morgan fingerprint density at radius 2 is 1.90 bits per heavy atom. The van der Waals surface area contributed by atoms with Gasteiger partial charge in [0.25, 0.3) is 0 Å². The van der Waals surface area contributed by atoms with Crippen molar-refractivity contribution in [3.63, 3.8) is 0 Å². The van der Waals surface area contributed by atoms with Gasteiger partial charge in [-0.1, -0.05) is 19.3 Å². The molecular formula is C16H25N3O. The highest BCUT2D eigenvalue weighted by molar-refractivity contribution is 5.81. The maximum absolute atomic E-state index is 12.1. The Balaban J connectivity index is 1.88. The molecule has 0 bridgehead atoms. The van der Waals surface area contributed by atoms with Gasteiger partial charge >= 0.3 is 0 Å². The van der Waals surface area contributed by atoms with Gasteiger partial charge in [0.2, 0.25) is 5.91 Å². The minimum Gasteiger partial charge on any atom is -0.399 e. The summed E-state index contributed by atoms with van der Waals surface area (Å²) < 4.78 is 0. The van der Waals surface area contributed by atoms with Crippen LogP contribution in [-0.4, -0.2) is 25.0 Å². The lowest BCUT2D eigenvalue weighted by molar-refractivity contribution is -0.120. The lowest BCUT2D eigenvalue weighted by Crippen LogP contribution is -2.42. The van der Waals surface area contributed by atoms with E-state index >= 15 is 0 Å². The second-order valence-corrected chi connectivity index (χ2v) is 5.51. The number of rotatable bonds is 5. The van der Waals surface area contributed by atoms with Crippen LogP contribution in [0.1, 0.15) is 39.0 Å². The number of benzene rings is 1. The smallest absolute Gasteiger partial charge is 0.239 e. The maximum Gasteiger partial charge on any atom is 0.239 e. The first-order valence-corrected chi connectivity index (χ1v) is 7.59. The Morgan fingerprint density at radius 3 is 2.50 bits per heavy atom. The number of amides is 1. The van der Waals surface area contributed by atoms with Gasteiger partial charge in [-0.25, -0.2) is 0 Å². The number of carbonyl (C=O) groups excluding carboxylic acids is 1. The number of hydrogen-bond acceptors (Lipinski definition) is 3. The molecule has 0 heterocycles. The summed E-state index contributed by atoms with van der Waals surface area (Å²) in [6.45, 7) is 3.28. The molecule has 1 fully saturated rings. The van der Waals surface area contributed by atoms with Crippen LogP contribution in [-0.2, 0) is 4.79 Å². The molecule has 0 atom stereocenters. The Labute approximate surface area is 121 Å². The molecule has 1 aliphatic rings. The van der Waals surface area contributed by atoms with Crippen molar-refractivity contribution in [3.05, 3.63) is 24.3 Å². The van der Waals surface area contributed by atoms with Gasteiger partial charge in [0.15, 0.2) is 0 Å². The highest BCUT2D eigenvalue weighted by Crippen LogP contribution is 2.18. The van der Waals surface area contributed by atoms with Gasteiger partial charge in [0, 0.05) is 24.0 Å². The Kier molecular flexibility index (Phi) is 5.27. The van der Waals surface area contributed by atoms with Crippen molar-refractivity contribution in [2.45, 2.75) is 45.1 Å². The Hall–Kier alpha value is -1.71. The average Bonchev–Trinajstić information content (AvgIpc) is 2.47. The third-order valence-corrected chi connectivity index (χ3v) is 3.94. The summed E-state index contributed by atoms with van der Waals surface area (Å²) in [7, 11) is 0. The second-order valence-electron chi connectivity index (χ2n) is 5.51. The highest BCUT2D eigenvalue weighted by Gasteiger charge is 2.17. The van der Waals surface area contributed by atoms with E-state index in [1.54, 1.807) is 0 Å². The molecule has 20 heavy (non-hydrogen) atoms.